The van der Waals surface area contributed by atoms with Crippen LogP contribution in [0.15, 0.2) is 34.1 Å². The van der Waals surface area contributed by atoms with E-state index in [1.165, 1.54) is 16.9 Å². The van der Waals surface area contributed by atoms with E-state index in [0.717, 1.165) is 33.7 Å². The fraction of sp³-hybridized carbons (Fsp3) is 0.214. The predicted molar refractivity (Wildman–Crippen MR) is 78.8 cm³/mol. The highest BCUT2D eigenvalue weighted by Gasteiger charge is 2.18. The Balaban J connectivity index is 1.76. The fourth-order valence-corrected chi connectivity index (χ4v) is 3.34. The third-order valence-electron chi connectivity index (χ3n) is 3.01. The minimum Gasteiger partial charge on any atom is -0.493 e. The number of hydrogen-bond acceptors (Lipinski definition) is 3. The molecule has 1 aromatic heterocycles. The summed E-state index contributed by atoms with van der Waals surface area (Å²) >= 11 is 4.94. The highest BCUT2D eigenvalue weighted by molar-refractivity contribution is 9.10. The van der Waals surface area contributed by atoms with Crippen molar-refractivity contribution in [2.75, 3.05) is 6.61 Å². The van der Waals surface area contributed by atoms with Crippen molar-refractivity contribution in [3.63, 3.8) is 0 Å². The van der Waals surface area contributed by atoms with Gasteiger partial charge in [-0.2, -0.15) is 0 Å². The molecule has 19 heavy (non-hydrogen) atoms. The number of carbonyl (C=O) groups is 1. The molecule has 1 aliphatic heterocycles. The smallest absolute Gasteiger partial charge is 0.261 e. The molecule has 2 heterocycles. The van der Waals surface area contributed by atoms with Crippen LogP contribution in [0.2, 0.25) is 0 Å². The molecular weight excluding hydrogens is 326 g/mol. The number of fused-ring (bicyclic) bond motifs is 1. The van der Waals surface area contributed by atoms with E-state index in [1.54, 1.807) is 0 Å². The molecular formula is C14H12BrNO2S. The molecule has 0 bridgehead atoms. The molecule has 1 N–H and O–H groups in total. The number of ether oxygens (including phenoxy) is 1. The highest BCUT2D eigenvalue weighted by atomic mass is 79.9. The Kier molecular flexibility index (Phi) is 3.57. The summed E-state index contributed by atoms with van der Waals surface area (Å²) in [7, 11) is 0. The molecule has 0 radical (unpaired) electrons. The second-order valence-corrected chi connectivity index (χ2v) is 6.17. The summed E-state index contributed by atoms with van der Waals surface area (Å²) in [6.07, 6.45) is 0.931. The Morgan fingerprint density at radius 2 is 2.37 bits per heavy atom. The van der Waals surface area contributed by atoms with E-state index in [4.69, 9.17) is 4.74 Å². The zero-order valence-corrected chi connectivity index (χ0v) is 12.5. The van der Waals surface area contributed by atoms with Crippen LogP contribution in [0.4, 0.5) is 0 Å². The Labute approximate surface area is 123 Å². The van der Waals surface area contributed by atoms with Crippen LogP contribution in [0, 0.1) is 0 Å². The first-order valence-corrected chi connectivity index (χ1v) is 7.67. The van der Waals surface area contributed by atoms with Gasteiger partial charge in [0.15, 0.2) is 0 Å². The number of carbonyl (C=O) groups excluding carboxylic acids is 1. The lowest BCUT2D eigenvalue weighted by Gasteiger charge is -2.10. The van der Waals surface area contributed by atoms with Gasteiger partial charge in [-0.15, -0.1) is 11.3 Å². The molecule has 3 rings (SSSR count). The summed E-state index contributed by atoms with van der Waals surface area (Å²) in [4.78, 5) is 12.6. The summed E-state index contributed by atoms with van der Waals surface area (Å²) in [6.45, 7) is 1.20. The van der Waals surface area contributed by atoms with E-state index >= 15 is 0 Å². The van der Waals surface area contributed by atoms with E-state index < -0.39 is 0 Å². The molecule has 3 nitrogen and oxygen atoms in total. The Bertz CT molecular complexity index is 610. The first-order chi connectivity index (χ1) is 9.24. The Morgan fingerprint density at radius 1 is 1.47 bits per heavy atom. The highest BCUT2D eigenvalue weighted by Crippen LogP contribution is 2.32. The van der Waals surface area contributed by atoms with Gasteiger partial charge in [-0.1, -0.05) is 22.0 Å². The number of hydrogen-bond donors (Lipinski definition) is 1. The van der Waals surface area contributed by atoms with Crippen molar-refractivity contribution in [1.29, 1.82) is 0 Å². The number of halogens is 1. The molecule has 2 aromatic rings. The van der Waals surface area contributed by atoms with Gasteiger partial charge in [-0.05, 0) is 29.1 Å². The molecule has 0 spiro atoms. The minimum absolute atomic E-state index is 0.0401. The lowest BCUT2D eigenvalue weighted by molar-refractivity contribution is 0.0954. The first-order valence-electron chi connectivity index (χ1n) is 6.00. The van der Waals surface area contributed by atoms with Crippen LogP contribution in [0.1, 0.15) is 20.8 Å². The molecule has 1 amide bonds. The predicted octanol–water partition coefficient (Wildman–Crippen LogP) is 3.38. The molecule has 0 atom stereocenters. The second kappa shape index (κ2) is 5.35. The zero-order chi connectivity index (χ0) is 13.2. The summed E-state index contributed by atoms with van der Waals surface area (Å²) in [5.41, 5.74) is 2.22. The summed E-state index contributed by atoms with van der Waals surface area (Å²) < 4.78 is 6.66. The quantitative estimate of drug-likeness (QED) is 0.932. The van der Waals surface area contributed by atoms with Gasteiger partial charge in [-0.3, -0.25) is 4.79 Å². The zero-order valence-electron chi connectivity index (χ0n) is 10.1. The molecule has 0 unspecified atom stereocenters. The van der Waals surface area contributed by atoms with E-state index in [1.807, 2.05) is 23.6 Å². The van der Waals surface area contributed by atoms with E-state index in [9.17, 15) is 4.79 Å². The number of thiophene rings is 1. The van der Waals surface area contributed by atoms with E-state index in [0.29, 0.717) is 6.54 Å². The van der Waals surface area contributed by atoms with Crippen molar-refractivity contribution in [3.8, 4) is 5.75 Å². The van der Waals surface area contributed by atoms with Gasteiger partial charge in [0.2, 0.25) is 0 Å². The second-order valence-electron chi connectivity index (χ2n) is 4.31. The van der Waals surface area contributed by atoms with Crippen LogP contribution in [-0.4, -0.2) is 12.5 Å². The van der Waals surface area contributed by atoms with Gasteiger partial charge in [0.1, 0.15) is 5.75 Å². The molecule has 1 aliphatic rings. The van der Waals surface area contributed by atoms with Crippen molar-refractivity contribution < 1.29 is 9.53 Å². The van der Waals surface area contributed by atoms with Gasteiger partial charge in [0, 0.05) is 23.0 Å². The molecule has 0 saturated heterocycles. The van der Waals surface area contributed by atoms with Crippen LogP contribution in [0.3, 0.4) is 0 Å². The monoisotopic (exact) mass is 337 g/mol. The van der Waals surface area contributed by atoms with Gasteiger partial charge in [-0.25, -0.2) is 0 Å². The normalized spacial score (nSPS) is 12.9. The van der Waals surface area contributed by atoms with Crippen LogP contribution in [0.25, 0.3) is 0 Å². The number of rotatable bonds is 3. The summed E-state index contributed by atoms with van der Waals surface area (Å²) in [5.74, 6) is 0.886. The van der Waals surface area contributed by atoms with Crippen LogP contribution in [0.5, 0.6) is 5.75 Å². The summed E-state index contributed by atoms with van der Waals surface area (Å²) in [6, 6.07) is 7.77. The standard InChI is InChI=1S/C14H12BrNO2S/c15-11-6-9-3-4-18-13(9)10(7-11)8-16-14(17)12-2-1-5-19-12/h1-2,5-7H,3-4,8H2,(H,16,17). The third-order valence-corrected chi connectivity index (χ3v) is 4.34. The van der Waals surface area contributed by atoms with E-state index in [-0.39, 0.29) is 5.91 Å². The number of amides is 1. The topological polar surface area (TPSA) is 38.3 Å². The molecule has 1 aromatic carbocycles. The molecule has 0 aliphatic carbocycles. The lowest BCUT2D eigenvalue weighted by Crippen LogP contribution is -2.22. The molecule has 5 heteroatoms. The SMILES string of the molecule is O=C(NCc1cc(Br)cc2c1OCC2)c1cccs1. The van der Waals surface area contributed by atoms with Crippen molar-refractivity contribution in [2.45, 2.75) is 13.0 Å². The maximum absolute atomic E-state index is 11.9. The van der Waals surface area contributed by atoms with Gasteiger partial charge in [0.25, 0.3) is 5.91 Å². The first kappa shape index (κ1) is 12.7. The lowest BCUT2D eigenvalue weighted by atomic mass is 10.1. The maximum atomic E-state index is 11.9. The summed E-state index contributed by atoms with van der Waals surface area (Å²) in [5, 5.41) is 4.83. The van der Waals surface area contributed by atoms with Crippen molar-refractivity contribution >= 4 is 33.2 Å². The van der Waals surface area contributed by atoms with Gasteiger partial charge >= 0.3 is 0 Å². The Hall–Kier alpha value is -1.33. The average Bonchev–Trinajstić information content (AvgIpc) is 3.05. The average molecular weight is 338 g/mol. The fourth-order valence-electron chi connectivity index (χ4n) is 2.15. The van der Waals surface area contributed by atoms with E-state index in [2.05, 4.69) is 27.3 Å². The largest absolute Gasteiger partial charge is 0.493 e. The van der Waals surface area contributed by atoms with Gasteiger partial charge < -0.3 is 10.1 Å². The minimum atomic E-state index is -0.0401. The van der Waals surface area contributed by atoms with Crippen LogP contribution in [-0.2, 0) is 13.0 Å². The van der Waals surface area contributed by atoms with Crippen molar-refractivity contribution in [1.82, 2.24) is 5.32 Å². The van der Waals surface area contributed by atoms with Crippen LogP contribution >= 0.6 is 27.3 Å². The Morgan fingerprint density at radius 3 is 3.16 bits per heavy atom. The van der Waals surface area contributed by atoms with Crippen molar-refractivity contribution in [2.24, 2.45) is 0 Å². The molecule has 0 saturated carbocycles. The van der Waals surface area contributed by atoms with Gasteiger partial charge in [0.05, 0.1) is 11.5 Å². The number of benzene rings is 1. The van der Waals surface area contributed by atoms with Crippen molar-refractivity contribution in [3.05, 3.63) is 50.1 Å². The maximum Gasteiger partial charge on any atom is 0.261 e. The molecule has 0 fully saturated rings. The van der Waals surface area contributed by atoms with Crippen LogP contribution < -0.4 is 10.1 Å². The molecule has 98 valence electrons. The third kappa shape index (κ3) is 2.67. The number of nitrogens with one attached hydrogen (secondary N) is 1.